The molecule has 0 unspecified atom stereocenters. The molecule has 1 N–H and O–H groups in total. The van der Waals surface area contributed by atoms with Crippen molar-refractivity contribution < 1.29 is 14.3 Å². The molecule has 0 fully saturated rings. The van der Waals surface area contributed by atoms with E-state index >= 15 is 0 Å². The second kappa shape index (κ2) is 17.8. The van der Waals surface area contributed by atoms with Crippen LogP contribution in [0.25, 0.3) is 0 Å². The maximum Gasteiger partial charge on any atom is 0.207 e. The highest BCUT2D eigenvalue weighted by Gasteiger charge is 1.94. The number of hydrogen-bond donors (Lipinski definition) is 1. The van der Waals surface area contributed by atoms with E-state index in [-0.39, 0.29) is 0 Å². The molecule has 1 amide bonds. The van der Waals surface area contributed by atoms with Crippen molar-refractivity contribution in [2.75, 3.05) is 33.0 Å². The highest BCUT2D eigenvalue weighted by molar-refractivity contribution is 5.45. The molecule has 0 aliphatic rings. The van der Waals surface area contributed by atoms with Gasteiger partial charge in [0.05, 0.1) is 19.8 Å². The Morgan fingerprint density at radius 3 is 2.18 bits per heavy atom. The molecule has 0 saturated carbocycles. The normalized spacial score (nSPS) is 9.71. The molecule has 0 heterocycles. The summed E-state index contributed by atoms with van der Waals surface area (Å²) in [7, 11) is 0. The molecule has 0 spiro atoms. The van der Waals surface area contributed by atoms with Crippen LogP contribution in [0, 0.1) is 5.92 Å². The molecule has 0 aromatic rings. The lowest BCUT2D eigenvalue weighted by Crippen LogP contribution is -2.18. The fourth-order valence-electron chi connectivity index (χ4n) is 1.11. The van der Waals surface area contributed by atoms with E-state index in [1.807, 2.05) is 13.8 Å². The lowest BCUT2D eigenvalue weighted by Gasteiger charge is -2.06. The minimum Gasteiger partial charge on any atom is -0.379 e. The fourth-order valence-corrected chi connectivity index (χ4v) is 1.11. The predicted octanol–water partition coefficient (Wildman–Crippen LogP) is 2.23. The smallest absolute Gasteiger partial charge is 0.207 e. The van der Waals surface area contributed by atoms with E-state index in [1.54, 1.807) is 0 Å². The second-order valence-corrected chi connectivity index (χ2v) is 3.83. The summed E-state index contributed by atoms with van der Waals surface area (Å²) >= 11 is 0. The first-order chi connectivity index (χ1) is 8.27. The van der Waals surface area contributed by atoms with Crippen LogP contribution < -0.4 is 5.32 Å². The molecule has 4 nitrogen and oxygen atoms in total. The molecule has 0 aliphatic heterocycles. The summed E-state index contributed by atoms with van der Waals surface area (Å²) < 4.78 is 10.6. The highest BCUT2D eigenvalue weighted by Crippen LogP contribution is 2.02. The highest BCUT2D eigenvalue weighted by atomic mass is 16.5. The summed E-state index contributed by atoms with van der Waals surface area (Å²) in [5, 5.41) is 2.53. The van der Waals surface area contributed by atoms with E-state index in [9.17, 15) is 4.79 Å². The van der Waals surface area contributed by atoms with E-state index in [0.717, 1.165) is 18.9 Å². The van der Waals surface area contributed by atoms with Crippen molar-refractivity contribution in [2.45, 2.75) is 40.5 Å². The Morgan fingerprint density at radius 1 is 1.06 bits per heavy atom. The van der Waals surface area contributed by atoms with Gasteiger partial charge in [-0.15, -0.1) is 0 Å². The van der Waals surface area contributed by atoms with E-state index in [4.69, 9.17) is 9.47 Å². The van der Waals surface area contributed by atoms with Crippen LogP contribution in [0.5, 0.6) is 0 Å². The Balaban J connectivity index is 0. The summed E-state index contributed by atoms with van der Waals surface area (Å²) in [5.41, 5.74) is 0. The van der Waals surface area contributed by atoms with Crippen LogP contribution in [0.3, 0.4) is 0 Å². The zero-order chi connectivity index (χ0) is 13.4. The van der Waals surface area contributed by atoms with Crippen LogP contribution >= 0.6 is 0 Å². The third kappa shape index (κ3) is 21.3. The average molecular weight is 247 g/mol. The molecule has 0 aromatic carbocycles. The molecule has 0 atom stereocenters. The summed E-state index contributed by atoms with van der Waals surface area (Å²) in [6, 6.07) is 0. The molecule has 0 bridgehead atoms. The van der Waals surface area contributed by atoms with Crippen LogP contribution in [0.4, 0.5) is 0 Å². The van der Waals surface area contributed by atoms with Crippen molar-refractivity contribution in [1.29, 1.82) is 0 Å². The molecular formula is C13H29NO3. The van der Waals surface area contributed by atoms with E-state index in [1.165, 1.54) is 6.42 Å². The van der Waals surface area contributed by atoms with Gasteiger partial charge < -0.3 is 14.8 Å². The lowest BCUT2D eigenvalue weighted by molar-refractivity contribution is -0.109. The Kier molecular flexibility index (Phi) is 19.6. The van der Waals surface area contributed by atoms with E-state index in [0.29, 0.717) is 32.8 Å². The first-order valence-electron chi connectivity index (χ1n) is 6.60. The standard InChI is InChI=1S/C11H23NO3.C2H6/c1-11(2)4-3-6-14-8-9-15-7-5-12-10-13;1-2/h10-11H,3-9H2,1-2H3,(H,12,13);1-2H3. The largest absolute Gasteiger partial charge is 0.379 e. The molecule has 17 heavy (non-hydrogen) atoms. The van der Waals surface area contributed by atoms with Crippen LogP contribution in [-0.4, -0.2) is 39.4 Å². The molecule has 4 heteroatoms. The molecule has 0 rings (SSSR count). The monoisotopic (exact) mass is 247 g/mol. The maximum absolute atomic E-state index is 9.88. The van der Waals surface area contributed by atoms with Crippen LogP contribution in [0.1, 0.15) is 40.5 Å². The van der Waals surface area contributed by atoms with Gasteiger partial charge in [-0.2, -0.15) is 0 Å². The van der Waals surface area contributed by atoms with Gasteiger partial charge >= 0.3 is 0 Å². The minimum absolute atomic E-state index is 0.550. The van der Waals surface area contributed by atoms with Crippen molar-refractivity contribution in [3.8, 4) is 0 Å². The first kappa shape index (κ1) is 18.7. The molecular weight excluding hydrogens is 218 g/mol. The van der Waals surface area contributed by atoms with Gasteiger partial charge in [0.25, 0.3) is 0 Å². The predicted molar refractivity (Wildman–Crippen MR) is 71.1 cm³/mol. The molecule has 104 valence electrons. The van der Waals surface area contributed by atoms with Gasteiger partial charge in [-0.3, -0.25) is 4.79 Å². The van der Waals surface area contributed by atoms with Crippen molar-refractivity contribution in [3.05, 3.63) is 0 Å². The van der Waals surface area contributed by atoms with Gasteiger partial charge in [-0.25, -0.2) is 0 Å². The number of nitrogens with one attached hydrogen (secondary N) is 1. The van der Waals surface area contributed by atoms with Crippen molar-refractivity contribution in [3.63, 3.8) is 0 Å². The summed E-state index contributed by atoms with van der Waals surface area (Å²) in [4.78, 5) is 9.88. The number of hydrogen-bond acceptors (Lipinski definition) is 3. The topological polar surface area (TPSA) is 47.6 Å². The third-order valence-corrected chi connectivity index (χ3v) is 1.92. The van der Waals surface area contributed by atoms with Gasteiger partial charge in [0.2, 0.25) is 6.41 Å². The number of rotatable bonds is 11. The van der Waals surface area contributed by atoms with Crippen LogP contribution in [0.15, 0.2) is 0 Å². The van der Waals surface area contributed by atoms with Gasteiger partial charge in [0, 0.05) is 13.2 Å². The van der Waals surface area contributed by atoms with E-state index in [2.05, 4.69) is 19.2 Å². The summed E-state index contributed by atoms with van der Waals surface area (Å²) in [6.45, 7) is 11.6. The van der Waals surface area contributed by atoms with Crippen molar-refractivity contribution in [2.24, 2.45) is 5.92 Å². The van der Waals surface area contributed by atoms with Crippen LogP contribution in [-0.2, 0) is 14.3 Å². The fraction of sp³-hybridized carbons (Fsp3) is 0.923. The molecule has 0 saturated heterocycles. The zero-order valence-electron chi connectivity index (χ0n) is 11.8. The maximum atomic E-state index is 9.88. The Bertz CT molecular complexity index is 141. The number of carbonyl (C=O) groups excluding carboxylic acids is 1. The van der Waals surface area contributed by atoms with Gasteiger partial charge in [-0.05, 0) is 18.8 Å². The SMILES string of the molecule is CC.CC(C)CCCOCCOCCNC=O. The Hall–Kier alpha value is -0.610. The van der Waals surface area contributed by atoms with Crippen molar-refractivity contribution in [1.82, 2.24) is 5.32 Å². The Morgan fingerprint density at radius 2 is 1.65 bits per heavy atom. The van der Waals surface area contributed by atoms with Gasteiger partial charge in [-0.1, -0.05) is 27.7 Å². The molecule has 0 radical (unpaired) electrons. The van der Waals surface area contributed by atoms with Gasteiger partial charge in [0.1, 0.15) is 0 Å². The zero-order valence-corrected chi connectivity index (χ0v) is 11.8. The quantitative estimate of drug-likeness (QED) is 0.450. The number of amides is 1. The average Bonchev–Trinajstić information content (AvgIpc) is 2.34. The number of carbonyl (C=O) groups is 1. The van der Waals surface area contributed by atoms with Crippen LogP contribution in [0.2, 0.25) is 0 Å². The summed E-state index contributed by atoms with van der Waals surface area (Å²) in [5.74, 6) is 0.749. The van der Waals surface area contributed by atoms with Gasteiger partial charge in [0.15, 0.2) is 0 Å². The van der Waals surface area contributed by atoms with E-state index < -0.39 is 0 Å². The minimum atomic E-state index is 0.550. The van der Waals surface area contributed by atoms with Crippen molar-refractivity contribution >= 4 is 6.41 Å². The molecule has 0 aromatic heterocycles. The lowest BCUT2D eigenvalue weighted by atomic mass is 10.1. The Labute approximate surface area is 106 Å². The summed E-state index contributed by atoms with van der Waals surface area (Å²) in [6.07, 6.45) is 3.00. The number of ether oxygens (including phenoxy) is 2. The third-order valence-electron chi connectivity index (χ3n) is 1.92. The molecule has 0 aliphatic carbocycles. The second-order valence-electron chi connectivity index (χ2n) is 3.83. The first-order valence-corrected chi connectivity index (χ1v) is 6.60.